The number of halogens is 1. The van der Waals surface area contributed by atoms with E-state index in [1.165, 1.54) is 23.5 Å². The number of rotatable bonds is 5. The number of aryl methyl sites for hydroxylation is 1. The van der Waals surface area contributed by atoms with Gasteiger partial charge in [-0.15, -0.1) is 11.3 Å². The number of nitrogens with two attached hydrogens (primary N) is 1. The van der Waals surface area contributed by atoms with Crippen molar-refractivity contribution < 1.29 is 9.18 Å². The number of carbonyl (C=O) groups excluding carboxylic acids is 1. The molecule has 3 nitrogen and oxygen atoms in total. The third-order valence-corrected chi connectivity index (χ3v) is 5.35. The first-order valence-electron chi connectivity index (χ1n) is 7.51. The van der Waals surface area contributed by atoms with Gasteiger partial charge in [-0.05, 0) is 48.4 Å². The van der Waals surface area contributed by atoms with Gasteiger partial charge < -0.3 is 10.6 Å². The molecule has 5 heteroatoms. The molecule has 1 aromatic carbocycles. The molecule has 0 aliphatic rings. The van der Waals surface area contributed by atoms with Crippen LogP contribution in [-0.2, 0) is 0 Å². The van der Waals surface area contributed by atoms with Crippen LogP contribution in [0.15, 0.2) is 18.2 Å². The Bertz CT molecular complexity index is 681. The van der Waals surface area contributed by atoms with E-state index in [1.54, 1.807) is 18.0 Å². The highest BCUT2D eigenvalue weighted by Gasteiger charge is 2.20. The van der Waals surface area contributed by atoms with Gasteiger partial charge >= 0.3 is 0 Å². The van der Waals surface area contributed by atoms with Crippen LogP contribution in [0, 0.1) is 18.7 Å². The Kier molecular flexibility index (Phi) is 5.19. The number of benzene rings is 1. The Hall–Kier alpha value is -1.46. The molecule has 1 heterocycles. The molecule has 1 unspecified atom stereocenters. The molecule has 0 aliphatic carbocycles. The Labute approximate surface area is 134 Å². The molecule has 0 aliphatic heterocycles. The van der Waals surface area contributed by atoms with Crippen molar-refractivity contribution in [3.8, 4) is 0 Å². The molecule has 1 aromatic heterocycles. The van der Waals surface area contributed by atoms with Crippen molar-refractivity contribution in [2.45, 2.75) is 33.2 Å². The zero-order valence-corrected chi connectivity index (χ0v) is 14.3. The summed E-state index contributed by atoms with van der Waals surface area (Å²) in [6, 6.07) is 4.74. The zero-order valence-electron chi connectivity index (χ0n) is 13.5. The van der Waals surface area contributed by atoms with Gasteiger partial charge in [-0.3, -0.25) is 4.79 Å². The third-order valence-electron chi connectivity index (χ3n) is 4.09. The monoisotopic (exact) mass is 322 g/mol. The second kappa shape index (κ2) is 6.75. The van der Waals surface area contributed by atoms with Crippen LogP contribution in [0.2, 0.25) is 0 Å². The standard InChI is InChI=1S/C17H23FN2OS/c1-10(2)14(19)7-8-20(4)17(21)16-11(3)13-9-12(18)5-6-15(13)22-16/h5-6,9-10,14H,7-8,19H2,1-4H3. The summed E-state index contributed by atoms with van der Waals surface area (Å²) in [5, 5.41) is 0.820. The molecule has 2 N–H and O–H groups in total. The van der Waals surface area contributed by atoms with Crippen molar-refractivity contribution in [2.75, 3.05) is 13.6 Å². The van der Waals surface area contributed by atoms with Crippen LogP contribution in [0.25, 0.3) is 10.1 Å². The fourth-order valence-electron chi connectivity index (χ4n) is 2.35. The molecule has 0 saturated heterocycles. The zero-order chi connectivity index (χ0) is 16.4. The highest BCUT2D eigenvalue weighted by Crippen LogP contribution is 2.32. The Balaban J connectivity index is 2.17. The van der Waals surface area contributed by atoms with Gasteiger partial charge in [0.05, 0.1) is 4.88 Å². The second-order valence-electron chi connectivity index (χ2n) is 6.12. The normalized spacial score (nSPS) is 12.9. The van der Waals surface area contributed by atoms with Gasteiger partial charge in [-0.2, -0.15) is 0 Å². The van der Waals surface area contributed by atoms with Crippen LogP contribution in [0.4, 0.5) is 4.39 Å². The predicted octanol–water partition coefficient (Wildman–Crippen LogP) is 3.79. The van der Waals surface area contributed by atoms with Crippen LogP contribution < -0.4 is 5.73 Å². The lowest BCUT2D eigenvalue weighted by molar-refractivity contribution is 0.0793. The minimum atomic E-state index is -0.274. The number of fused-ring (bicyclic) bond motifs is 1. The largest absolute Gasteiger partial charge is 0.341 e. The first kappa shape index (κ1) is 16.9. The van der Waals surface area contributed by atoms with E-state index in [0.29, 0.717) is 17.3 Å². The fourth-order valence-corrected chi connectivity index (χ4v) is 3.53. The summed E-state index contributed by atoms with van der Waals surface area (Å²) in [4.78, 5) is 15.0. The van der Waals surface area contributed by atoms with Crippen LogP contribution in [0.3, 0.4) is 0 Å². The van der Waals surface area contributed by atoms with Crippen molar-refractivity contribution in [2.24, 2.45) is 11.7 Å². The summed E-state index contributed by atoms with van der Waals surface area (Å²) < 4.78 is 14.3. The van der Waals surface area contributed by atoms with Gasteiger partial charge in [0.15, 0.2) is 0 Å². The van der Waals surface area contributed by atoms with Gasteiger partial charge in [0.1, 0.15) is 5.82 Å². The fraction of sp³-hybridized carbons (Fsp3) is 0.471. The summed E-state index contributed by atoms with van der Waals surface area (Å²) in [7, 11) is 1.79. The maximum absolute atomic E-state index is 13.4. The molecule has 1 atom stereocenters. The van der Waals surface area contributed by atoms with Gasteiger partial charge in [0.2, 0.25) is 0 Å². The maximum atomic E-state index is 13.4. The lowest BCUT2D eigenvalue weighted by Crippen LogP contribution is -2.34. The van der Waals surface area contributed by atoms with E-state index in [0.717, 1.165) is 22.1 Å². The van der Waals surface area contributed by atoms with Crippen molar-refractivity contribution in [1.82, 2.24) is 4.90 Å². The van der Waals surface area contributed by atoms with E-state index in [-0.39, 0.29) is 17.8 Å². The van der Waals surface area contributed by atoms with Crippen molar-refractivity contribution in [3.05, 3.63) is 34.5 Å². The topological polar surface area (TPSA) is 46.3 Å². The lowest BCUT2D eigenvalue weighted by atomic mass is 10.0. The molecule has 2 aromatic rings. The van der Waals surface area contributed by atoms with E-state index in [9.17, 15) is 9.18 Å². The first-order valence-corrected chi connectivity index (χ1v) is 8.32. The van der Waals surface area contributed by atoms with Crippen molar-refractivity contribution in [1.29, 1.82) is 0 Å². The molecule has 22 heavy (non-hydrogen) atoms. The van der Waals surface area contributed by atoms with E-state index >= 15 is 0 Å². The van der Waals surface area contributed by atoms with Crippen LogP contribution in [0.1, 0.15) is 35.5 Å². The number of nitrogens with zero attached hydrogens (tertiary/aromatic N) is 1. The SMILES string of the molecule is Cc1c(C(=O)N(C)CCC(N)C(C)C)sc2ccc(F)cc12. The number of thiophene rings is 1. The molecule has 0 bridgehead atoms. The van der Waals surface area contributed by atoms with E-state index in [4.69, 9.17) is 5.73 Å². The first-order chi connectivity index (χ1) is 10.3. The predicted molar refractivity (Wildman–Crippen MR) is 90.9 cm³/mol. The summed E-state index contributed by atoms with van der Waals surface area (Å²) in [5.41, 5.74) is 6.89. The molecule has 120 valence electrons. The molecule has 0 fully saturated rings. The van der Waals surface area contributed by atoms with Crippen LogP contribution >= 0.6 is 11.3 Å². The average Bonchev–Trinajstić information content (AvgIpc) is 2.80. The summed E-state index contributed by atoms with van der Waals surface area (Å²) in [6.07, 6.45) is 0.776. The molecule has 0 spiro atoms. The van der Waals surface area contributed by atoms with Gasteiger partial charge in [0.25, 0.3) is 5.91 Å². The third kappa shape index (κ3) is 3.47. The molecule has 0 radical (unpaired) electrons. The molecule has 1 amide bonds. The van der Waals surface area contributed by atoms with Gasteiger partial charge in [-0.1, -0.05) is 13.8 Å². The van der Waals surface area contributed by atoms with Gasteiger partial charge in [-0.25, -0.2) is 4.39 Å². The van der Waals surface area contributed by atoms with Crippen molar-refractivity contribution in [3.63, 3.8) is 0 Å². The number of carbonyl (C=O) groups is 1. The number of hydrogen-bond donors (Lipinski definition) is 1. The number of amides is 1. The summed E-state index contributed by atoms with van der Waals surface area (Å²) in [6.45, 7) is 6.66. The molecule has 2 rings (SSSR count). The lowest BCUT2D eigenvalue weighted by Gasteiger charge is -2.21. The highest BCUT2D eigenvalue weighted by molar-refractivity contribution is 7.21. The van der Waals surface area contributed by atoms with Crippen molar-refractivity contribution >= 4 is 27.3 Å². The minimum absolute atomic E-state index is 0.0185. The second-order valence-corrected chi connectivity index (χ2v) is 7.17. The minimum Gasteiger partial charge on any atom is -0.341 e. The Morgan fingerprint density at radius 1 is 1.41 bits per heavy atom. The van der Waals surface area contributed by atoms with E-state index in [2.05, 4.69) is 13.8 Å². The Morgan fingerprint density at radius 3 is 2.73 bits per heavy atom. The summed E-state index contributed by atoms with van der Waals surface area (Å²) >= 11 is 1.42. The smallest absolute Gasteiger partial charge is 0.263 e. The quantitative estimate of drug-likeness (QED) is 0.910. The number of hydrogen-bond acceptors (Lipinski definition) is 3. The maximum Gasteiger partial charge on any atom is 0.263 e. The molecular formula is C17H23FN2OS. The van der Waals surface area contributed by atoms with E-state index < -0.39 is 0 Å². The highest BCUT2D eigenvalue weighted by atomic mass is 32.1. The molecule has 0 saturated carbocycles. The average molecular weight is 322 g/mol. The van der Waals surface area contributed by atoms with E-state index in [1.807, 2.05) is 6.92 Å². The van der Waals surface area contributed by atoms with Gasteiger partial charge in [0, 0.05) is 24.3 Å². The Morgan fingerprint density at radius 2 is 2.09 bits per heavy atom. The van der Waals surface area contributed by atoms with Crippen LogP contribution in [0.5, 0.6) is 0 Å². The summed E-state index contributed by atoms with van der Waals surface area (Å²) in [5.74, 6) is 0.108. The van der Waals surface area contributed by atoms with Crippen LogP contribution in [-0.4, -0.2) is 30.4 Å². The molecular weight excluding hydrogens is 299 g/mol.